The topological polar surface area (TPSA) is 110 Å². The van der Waals surface area contributed by atoms with E-state index in [1.807, 2.05) is 51.1 Å². The summed E-state index contributed by atoms with van der Waals surface area (Å²) in [5.41, 5.74) is 0.517. The molecule has 1 N–H and O–H groups in total. The van der Waals surface area contributed by atoms with E-state index in [4.69, 9.17) is 14.0 Å². The third kappa shape index (κ3) is 5.42. The lowest BCUT2D eigenvalue weighted by Crippen LogP contribution is -2.46. The molecule has 1 aliphatic carbocycles. The van der Waals surface area contributed by atoms with E-state index in [9.17, 15) is 9.59 Å². The molecule has 0 radical (unpaired) electrons. The predicted octanol–water partition coefficient (Wildman–Crippen LogP) is 3.99. The summed E-state index contributed by atoms with van der Waals surface area (Å²) in [7, 11) is 0. The molecule has 188 valence electrons. The first-order valence-corrected chi connectivity index (χ1v) is 12.3. The Morgan fingerprint density at radius 2 is 1.94 bits per heavy atom. The number of ether oxygens (including phenoxy) is 1. The Labute approximate surface area is 204 Å². The maximum absolute atomic E-state index is 13.0. The van der Waals surface area contributed by atoms with Crippen LogP contribution in [0.15, 0.2) is 34.7 Å². The molecule has 3 fully saturated rings. The minimum Gasteiger partial charge on any atom is -0.444 e. The average molecular weight is 484 g/mol. The van der Waals surface area contributed by atoms with Crippen LogP contribution in [-0.2, 0) is 22.6 Å². The summed E-state index contributed by atoms with van der Waals surface area (Å²) in [5.74, 6) is 1.43. The molecule has 5 rings (SSSR count). The summed E-state index contributed by atoms with van der Waals surface area (Å²) in [5, 5.41) is 12.9. The van der Waals surface area contributed by atoms with Gasteiger partial charge < -0.3 is 19.4 Å². The molecule has 35 heavy (non-hydrogen) atoms. The Kier molecular flexibility index (Phi) is 6.39. The number of alkyl carbamates (subject to hydrolysis) is 1. The second-order valence-corrected chi connectivity index (χ2v) is 10.7. The summed E-state index contributed by atoms with van der Waals surface area (Å²) in [6, 6.07) is 9.59. The third-order valence-corrected chi connectivity index (χ3v) is 6.72. The molecule has 0 unspecified atom stereocenters. The molecular formula is C25H33N5O5. The number of urea groups is 1. The van der Waals surface area contributed by atoms with Crippen molar-refractivity contribution < 1.29 is 23.6 Å². The smallest absolute Gasteiger partial charge is 0.407 e. The number of rotatable bonds is 7. The molecule has 10 nitrogen and oxygen atoms in total. The number of hydrogen-bond donors (Lipinski definition) is 1. The van der Waals surface area contributed by atoms with Crippen molar-refractivity contribution in [3.05, 3.63) is 47.7 Å². The molecule has 1 aromatic carbocycles. The lowest BCUT2D eigenvalue weighted by Gasteiger charge is -2.35. The monoisotopic (exact) mass is 483 g/mol. The van der Waals surface area contributed by atoms with Crippen LogP contribution in [0.1, 0.15) is 69.8 Å². The predicted molar refractivity (Wildman–Crippen MR) is 125 cm³/mol. The molecule has 1 saturated carbocycles. The van der Waals surface area contributed by atoms with Gasteiger partial charge in [-0.15, -0.1) is 10.2 Å². The van der Waals surface area contributed by atoms with Crippen molar-refractivity contribution in [2.75, 3.05) is 6.54 Å². The minimum absolute atomic E-state index is 0.0363. The highest BCUT2D eigenvalue weighted by atomic mass is 16.7. The fraction of sp³-hybridized carbons (Fsp3) is 0.600. The normalized spacial score (nSPS) is 26.0. The highest BCUT2D eigenvalue weighted by Gasteiger charge is 2.47. The van der Waals surface area contributed by atoms with Gasteiger partial charge in [-0.1, -0.05) is 30.3 Å². The summed E-state index contributed by atoms with van der Waals surface area (Å²) in [6.45, 7) is 6.50. The Morgan fingerprint density at radius 1 is 1.17 bits per heavy atom. The van der Waals surface area contributed by atoms with Crippen molar-refractivity contribution in [3.8, 4) is 0 Å². The summed E-state index contributed by atoms with van der Waals surface area (Å²) >= 11 is 0. The first-order valence-electron chi connectivity index (χ1n) is 12.3. The largest absolute Gasteiger partial charge is 0.444 e. The number of fused-ring (bicyclic) bond motifs is 2. The lowest BCUT2D eigenvalue weighted by atomic mass is 9.78. The summed E-state index contributed by atoms with van der Waals surface area (Å²) in [6.07, 6.45) is 3.55. The molecule has 2 atom stereocenters. The number of hydroxylamine groups is 2. The number of aromatic nitrogens is 2. The van der Waals surface area contributed by atoms with Crippen molar-refractivity contribution in [1.29, 1.82) is 0 Å². The van der Waals surface area contributed by atoms with Crippen LogP contribution in [0.5, 0.6) is 0 Å². The van der Waals surface area contributed by atoms with E-state index in [0.29, 0.717) is 37.3 Å². The van der Waals surface area contributed by atoms with Gasteiger partial charge in [0.25, 0.3) is 0 Å². The molecule has 2 bridgehead atoms. The second kappa shape index (κ2) is 9.49. The van der Waals surface area contributed by atoms with Crippen LogP contribution < -0.4 is 5.32 Å². The number of amides is 3. The first-order chi connectivity index (χ1) is 16.7. The van der Waals surface area contributed by atoms with Gasteiger partial charge in [0, 0.05) is 19.0 Å². The van der Waals surface area contributed by atoms with Gasteiger partial charge in [-0.05, 0) is 57.9 Å². The molecular weight excluding hydrogens is 450 g/mol. The molecule has 1 aromatic heterocycles. The molecule has 2 aliphatic heterocycles. The Morgan fingerprint density at radius 3 is 2.69 bits per heavy atom. The van der Waals surface area contributed by atoms with E-state index < -0.39 is 5.60 Å². The second-order valence-electron chi connectivity index (χ2n) is 10.7. The lowest BCUT2D eigenvalue weighted by molar-refractivity contribution is -0.140. The zero-order valence-electron chi connectivity index (χ0n) is 20.5. The maximum atomic E-state index is 13.0. The summed E-state index contributed by atoms with van der Waals surface area (Å²) in [4.78, 5) is 32.6. The van der Waals surface area contributed by atoms with Gasteiger partial charge in [0.1, 0.15) is 18.2 Å². The number of carbonyl (C=O) groups is 2. The van der Waals surface area contributed by atoms with Gasteiger partial charge in [-0.3, -0.25) is 4.84 Å². The fourth-order valence-corrected chi connectivity index (χ4v) is 5.00. The molecule has 0 spiro atoms. The number of hydrogen-bond acceptors (Lipinski definition) is 7. The van der Waals surface area contributed by atoms with Crippen LogP contribution in [0.4, 0.5) is 9.59 Å². The standard InChI is InChI=1S/C25H33N5O5/c1-25(2,3)35-23(31)26-18-11-17(12-18)13-21-27-28-22(34-21)20-10-9-19-14-29(20)24(32)30(19)33-15-16-7-5-4-6-8-16/h4-8,17-20H,9-15H2,1-3H3,(H,26,31)/t17-,18-,19-,20-/m0/s1. The number of nitrogens with one attached hydrogen (secondary N) is 1. The van der Waals surface area contributed by atoms with Crippen molar-refractivity contribution >= 4 is 12.1 Å². The number of nitrogens with zero attached hydrogens (tertiary/aromatic N) is 4. The van der Waals surface area contributed by atoms with E-state index >= 15 is 0 Å². The van der Waals surface area contributed by atoms with Crippen molar-refractivity contribution in [1.82, 2.24) is 25.5 Å². The first kappa shape index (κ1) is 23.6. The van der Waals surface area contributed by atoms with E-state index in [1.165, 1.54) is 5.06 Å². The zero-order chi connectivity index (χ0) is 24.6. The Balaban J connectivity index is 1.11. The molecule has 2 aromatic rings. The van der Waals surface area contributed by atoms with Crippen LogP contribution in [0.2, 0.25) is 0 Å². The van der Waals surface area contributed by atoms with Crippen LogP contribution in [0.25, 0.3) is 0 Å². The molecule has 3 amide bonds. The van der Waals surface area contributed by atoms with Crippen molar-refractivity contribution in [2.24, 2.45) is 5.92 Å². The van der Waals surface area contributed by atoms with E-state index in [0.717, 1.165) is 31.2 Å². The highest BCUT2D eigenvalue weighted by Crippen LogP contribution is 2.38. The highest BCUT2D eigenvalue weighted by molar-refractivity contribution is 5.77. The van der Waals surface area contributed by atoms with Gasteiger partial charge in [0.15, 0.2) is 0 Å². The van der Waals surface area contributed by atoms with Gasteiger partial charge in [-0.25, -0.2) is 9.59 Å². The Hall–Kier alpha value is -3.14. The minimum atomic E-state index is -0.506. The van der Waals surface area contributed by atoms with Crippen molar-refractivity contribution in [2.45, 2.75) is 83.2 Å². The van der Waals surface area contributed by atoms with E-state index in [-0.39, 0.29) is 30.2 Å². The third-order valence-electron chi connectivity index (χ3n) is 6.72. The number of carbonyl (C=O) groups excluding carboxylic acids is 2. The van der Waals surface area contributed by atoms with Crippen molar-refractivity contribution in [3.63, 3.8) is 0 Å². The van der Waals surface area contributed by atoms with E-state index in [2.05, 4.69) is 15.5 Å². The van der Waals surface area contributed by atoms with Crippen LogP contribution in [0.3, 0.4) is 0 Å². The van der Waals surface area contributed by atoms with Gasteiger partial charge in [0.05, 0.1) is 6.04 Å². The van der Waals surface area contributed by atoms with Crippen LogP contribution in [0, 0.1) is 5.92 Å². The van der Waals surface area contributed by atoms with Gasteiger partial charge in [0.2, 0.25) is 11.8 Å². The zero-order valence-corrected chi connectivity index (χ0v) is 20.5. The quantitative estimate of drug-likeness (QED) is 0.634. The fourth-order valence-electron chi connectivity index (χ4n) is 5.00. The average Bonchev–Trinajstić information content (AvgIpc) is 3.34. The summed E-state index contributed by atoms with van der Waals surface area (Å²) < 4.78 is 11.3. The van der Waals surface area contributed by atoms with Gasteiger partial charge >= 0.3 is 12.1 Å². The maximum Gasteiger partial charge on any atom is 0.407 e. The van der Waals surface area contributed by atoms with Crippen LogP contribution in [-0.4, -0.2) is 56.5 Å². The molecule has 10 heteroatoms. The van der Waals surface area contributed by atoms with Crippen LogP contribution >= 0.6 is 0 Å². The van der Waals surface area contributed by atoms with E-state index in [1.54, 1.807) is 4.90 Å². The molecule has 3 aliphatic rings. The SMILES string of the molecule is CC(C)(C)OC(=O)N[C@H]1C[C@H](Cc2nnc([C@@H]3CC[C@H]4CN3C(=O)N4OCc3ccccc3)o2)C1. The molecule has 2 saturated heterocycles. The Bertz CT molecular complexity index is 1050. The number of benzene rings is 1. The molecule has 3 heterocycles. The van der Waals surface area contributed by atoms with Gasteiger partial charge in [-0.2, -0.15) is 5.06 Å². The number of piperidine rings is 1.